The molecule has 3 rings (SSSR count). The highest BCUT2D eigenvalue weighted by molar-refractivity contribution is 7.80. The molecule has 33 heavy (non-hydrogen) atoms. The van der Waals surface area contributed by atoms with Gasteiger partial charge in [0.15, 0.2) is 10.9 Å². The SMILES string of the molecule is [CH2][C@H]1[C@H](NC(=O)/C(=N\OCC2CC(=O)C(O)=CN2O)c2nsc(N)n2)C(=O)N1OS(=O)(=O)O. The van der Waals surface area contributed by atoms with E-state index in [1.807, 2.05) is 0 Å². The van der Waals surface area contributed by atoms with Crippen molar-refractivity contribution < 1.29 is 46.8 Å². The molecule has 1 radical (unpaired) electrons. The van der Waals surface area contributed by atoms with E-state index in [0.29, 0.717) is 5.06 Å². The predicted octanol–water partition coefficient (Wildman–Crippen LogP) is -2.46. The van der Waals surface area contributed by atoms with Crippen molar-refractivity contribution in [3.63, 3.8) is 0 Å². The first-order valence-corrected chi connectivity index (χ1v) is 10.9. The Morgan fingerprint density at radius 3 is 2.73 bits per heavy atom. The molecule has 0 spiro atoms. The third-order valence-electron chi connectivity index (χ3n) is 4.26. The largest absolute Gasteiger partial charge is 0.503 e. The number of amides is 2. The highest BCUT2D eigenvalue weighted by atomic mass is 32.3. The minimum absolute atomic E-state index is 0.0204. The maximum Gasteiger partial charge on any atom is 0.418 e. The number of carbonyl (C=O) groups excluding carboxylic acids is 3. The van der Waals surface area contributed by atoms with Gasteiger partial charge in [0.05, 0.1) is 18.3 Å². The second-order valence-corrected chi connectivity index (χ2v) is 8.34. The number of nitrogens with zero attached hydrogens (tertiary/aromatic N) is 5. The summed E-state index contributed by atoms with van der Waals surface area (Å²) in [5.41, 5.74) is 4.97. The van der Waals surface area contributed by atoms with Gasteiger partial charge in [-0.15, -0.1) is 4.28 Å². The maximum atomic E-state index is 12.7. The normalized spacial score (nSPS) is 23.8. The van der Waals surface area contributed by atoms with E-state index in [1.165, 1.54) is 0 Å². The van der Waals surface area contributed by atoms with Crippen LogP contribution in [0.25, 0.3) is 0 Å². The molecule has 1 aromatic rings. The summed E-state index contributed by atoms with van der Waals surface area (Å²) in [5.74, 6) is -3.63. The lowest BCUT2D eigenvalue weighted by Crippen LogP contribution is -2.70. The minimum atomic E-state index is -4.99. The zero-order valence-electron chi connectivity index (χ0n) is 16.3. The van der Waals surface area contributed by atoms with E-state index in [1.54, 1.807) is 0 Å². The number of hydroxylamine groups is 4. The van der Waals surface area contributed by atoms with E-state index in [0.717, 1.165) is 17.7 Å². The van der Waals surface area contributed by atoms with Gasteiger partial charge >= 0.3 is 10.4 Å². The molecule has 0 saturated carbocycles. The molecule has 1 saturated heterocycles. The molecule has 3 heterocycles. The first kappa shape index (κ1) is 24.3. The van der Waals surface area contributed by atoms with Crippen molar-refractivity contribution in [1.82, 2.24) is 24.8 Å². The molecule has 1 unspecified atom stereocenters. The van der Waals surface area contributed by atoms with Gasteiger partial charge in [-0.1, -0.05) is 5.16 Å². The number of aliphatic hydroxyl groups excluding tert-OH is 1. The molecule has 2 amide bonds. The number of ketones is 1. The molecule has 1 aromatic heterocycles. The molecule has 2 aliphatic heterocycles. The van der Waals surface area contributed by atoms with Crippen LogP contribution in [-0.2, 0) is 33.9 Å². The molecule has 2 aliphatic rings. The smallest absolute Gasteiger partial charge is 0.418 e. The molecule has 19 heteroatoms. The standard InChI is InChI=1S/C14H16N7O10S2/c1-5-9(13(25)21(5)31-33(27,28)29)16-12(24)10(11-17-14(15)32-19-11)18-30-4-6-2-7(22)8(23)3-20(6)26/h3,5-6,9,23,26H,1-2,4H2,(H,16,24)(H2,15,17,19)(H,27,28,29)/b18-10-/t5-,6?,9-/m0/s1. The molecular weight excluding hydrogens is 490 g/mol. The summed E-state index contributed by atoms with van der Waals surface area (Å²) in [6.07, 6.45) is 0.484. The second kappa shape index (κ2) is 9.23. The lowest BCUT2D eigenvalue weighted by Gasteiger charge is -2.41. The average molecular weight is 506 g/mol. The third kappa shape index (κ3) is 5.51. The van der Waals surface area contributed by atoms with Crippen LogP contribution >= 0.6 is 11.5 Å². The van der Waals surface area contributed by atoms with Gasteiger partial charge in [-0.2, -0.15) is 22.8 Å². The fourth-order valence-corrected chi connectivity index (χ4v) is 3.45. The van der Waals surface area contributed by atoms with Gasteiger partial charge < -0.3 is 21.0 Å². The lowest BCUT2D eigenvalue weighted by atomic mass is 10.00. The molecule has 179 valence electrons. The summed E-state index contributed by atoms with van der Waals surface area (Å²) < 4.78 is 38.1. The average Bonchev–Trinajstić information content (AvgIpc) is 3.16. The van der Waals surface area contributed by atoms with Crippen molar-refractivity contribution in [2.24, 2.45) is 5.16 Å². The van der Waals surface area contributed by atoms with E-state index in [-0.39, 0.29) is 22.4 Å². The van der Waals surface area contributed by atoms with Gasteiger partial charge in [0, 0.05) is 18.0 Å². The van der Waals surface area contributed by atoms with Crippen molar-refractivity contribution in [2.75, 3.05) is 12.3 Å². The molecule has 0 aliphatic carbocycles. The van der Waals surface area contributed by atoms with Gasteiger partial charge in [0.25, 0.3) is 11.8 Å². The maximum absolute atomic E-state index is 12.7. The van der Waals surface area contributed by atoms with Crippen LogP contribution < -0.4 is 11.1 Å². The number of carbonyl (C=O) groups is 3. The number of anilines is 1. The van der Waals surface area contributed by atoms with Crippen LogP contribution in [0.15, 0.2) is 17.1 Å². The lowest BCUT2D eigenvalue weighted by molar-refractivity contribution is -0.192. The van der Waals surface area contributed by atoms with Gasteiger partial charge in [-0.3, -0.25) is 29.2 Å². The number of β-lactam (4-membered cyclic amide) rings is 1. The topological polar surface area (TPSA) is 247 Å². The van der Waals surface area contributed by atoms with Crippen LogP contribution in [0.1, 0.15) is 12.2 Å². The number of allylic oxidation sites excluding steroid dienone is 1. The summed E-state index contributed by atoms with van der Waals surface area (Å²) in [4.78, 5) is 45.1. The van der Waals surface area contributed by atoms with Crippen LogP contribution in [0.5, 0.6) is 0 Å². The molecule has 6 N–H and O–H groups in total. The van der Waals surface area contributed by atoms with E-state index < -0.39 is 64.2 Å². The van der Waals surface area contributed by atoms with Crippen molar-refractivity contribution in [3.8, 4) is 0 Å². The second-order valence-electron chi connectivity index (χ2n) is 6.55. The number of nitrogens with one attached hydrogen (secondary N) is 1. The number of aliphatic hydroxyl groups is 1. The number of hydrogen-bond donors (Lipinski definition) is 5. The molecule has 1 fully saturated rings. The predicted molar refractivity (Wildman–Crippen MR) is 105 cm³/mol. The molecular formula is C14H16N7O10S2. The molecule has 0 aromatic carbocycles. The fraction of sp³-hybridized carbons (Fsp3) is 0.357. The van der Waals surface area contributed by atoms with Crippen molar-refractivity contribution in [1.29, 1.82) is 0 Å². The Morgan fingerprint density at radius 1 is 1.45 bits per heavy atom. The van der Waals surface area contributed by atoms with Crippen LogP contribution in [0.2, 0.25) is 0 Å². The van der Waals surface area contributed by atoms with E-state index in [4.69, 9.17) is 15.1 Å². The van der Waals surface area contributed by atoms with E-state index in [2.05, 4.69) is 31.0 Å². The number of rotatable bonds is 8. The Morgan fingerprint density at radius 2 is 2.15 bits per heavy atom. The quantitative estimate of drug-likeness (QED) is 0.106. The monoisotopic (exact) mass is 506 g/mol. The highest BCUT2D eigenvalue weighted by Gasteiger charge is 2.49. The summed E-state index contributed by atoms with van der Waals surface area (Å²) in [7, 11) is -4.99. The van der Waals surface area contributed by atoms with Crippen molar-refractivity contribution in [3.05, 3.63) is 24.7 Å². The first-order valence-electron chi connectivity index (χ1n) is 8.72. The molecule has 3 atom stereocenters. The number of aromatic nitrogens is 2. The van der Waals surface area contributed by atoms with Crippen LogP contribution in [0.3, 0.4) is 0 Å². The summed E-state index contributed by atoms with van der Waals surface area (Å²) in [6, 6.07) is -3.51. The van der Waals surface area contributed by atoms with Gasteiger partial charge in [-0.25, -0.2) is 0 Å². The number of hydrogen-bond acceptors (Lipinski definition) is 15. The van der Waals surface area contributed by atoms with Crippen molar-refractivity contribution in [2.45, 2.75) is 24.5 Å². The molecule has 17 nitrogen and oxygen atoms in total. The Bertz CT molecular complexity index is 1130. The van der Waals surface area contributed by atoms with Gasteiger partial charge in [0.2, 0.25) is 17.3 Å². The minimum Gasteiger partial charge on any atom is -0.503 e. The zero-order valence-corrected chi connectivity index (χ0v) is 17.9. The van der Waals surface area contributed by atoms with Gasteiger partial charge in [-0.05, 0) is 6.92 Å². The Balaban J connectivity index is 1.70. The third-order valence-corrected chi connectivity index (χ3v) is 5.15. The number of oxime groups is 1. The summed E-state index contributed by atoms with van der Waals surface area (Å²) in [5, 5.41) is 25.6. The Hall–Kier alpha value is -3.39. The first-order chi connectivity index (χ1) is 15.4. The number of nitrogen functional groups attached to an aromatic ring is 1. The Labute approximate surface area is 189 Å². The summed E-state index contributed by atoms with van der Waals surface area (Å²) >= 11 is 0.729. The van der Waals surface area contributed by atoms with E-state index in [9.17, 15) is 33.1 Å². The number of Topliss-reactive ketones (excluding diaryl/α,β-unsaturated/α-hetero) is 1. The van der Waals surface area contributed by atoms with Crippen LogP contribution in [-0.4, -0.2) is 90.8 Å². The fourth-order valence-electron chi connectivity index (χ4n) is 2.63. The van der Waals surface area contributed by atoms with Crippen molar-refractivity contribution >= 4 is 50.4 Å². The highest BCUT2D eigenvalue weighted by Crippen LogP contribution is 2.21. The zero-order chi connectivity index (χ0) is 24.5. The van der Waals surface area contributed by atoms with Gasteiger partial charge in [0.1, 0.15) is 12.6 Å². The number of nitrogens with two attached hydrogens (primary N) is 1. The van der Waals surface area contributed by atoms with Crippen LogP contribution in [0, 0.1) is 6.92 Å². The summed E-state index contributed by atoms with van der Waals surface area (Å²) in [6.45, 7) is 3.05. The van der Waals surface area contributed by atoms with Crippen LogP contribution in [0.4, 0.5) is 5.13 Å². The Kier molecular flexibility index (Phi) is 6.78. The van der Waals surface area contributed by atoms with E-state index >= 15 is 0 Å². The molecule has 0 bridgehead atoms.